The van der Waals surface area contributed by atoms with Crippen LogP contribution < -0.4 is 0 Å². The van der Waals surface area contributed by atoms with E-state index >= 15 is 0 Å². The first-order valence-corrected chi connectivity index (χ1v) is 5.08. The molecule has 0 aromatic heterocycles. The van der Waals surface area contributed by atoms with Crippen molar-refractivity contribution in [1.29, 1.82) is 5.26 Å². The maximum atomic E-state index is 8.82. The molecule has 15 heavy (non-hydrogen) atoms. The maximum Gasteiger partial charge on any atom is 0.186 e. The Morgan fingerprint density at radius 1 is 1.20 bits per heavy atom. The van der Waals surface area contributed by atoms with Gasteiger partial charge in [-0.25, -0.2) is 0 Å². The minimum absolute atomic E-state index is 0.0909. The number of benzene rings is 1. The van der Waals surface area contributed by atoms with Gasteiger partial charge in [-0.3, -0.25) is 0 Å². The Bertz CT molecular complexity index is 408. The molecule has 1 spiro atoms. The van der Waals surface area contributed by atoms with Gasteiger partial charge in [0.25, 0.3) is 0 Å². The average Bonchev–Trinajstić information content (AvgIpc) is 3.02. The van der Waals surface area contributed by atoms with Crippen molar-refractivity contribution in [2.24, 2.45) is 5.92 Å². The Balaban J connectivity index is 1.85. The minimum Gasteiger partial charge on any atom is -0.344 e. The summed E-state index contributed by atoms with van der Waals surface area (Å²) in [7, 11) is 0. The highest BCUT2D eigenvalue weighted by atomic mass is 16.7. The lowest BCUT2D eigenvalue weighted by Crippen LogP contribution is -2.18. The van der Waals surface area contributed by atoms with Crippen LogP contribution in [0.5, 0.6) is 0 Å². The summed E-state index contributed by atoms with van der Waals surface area (Å²) in [5.74, 6) is -0.694. The van der Waals surface area contributed by atoms with Crippen molar-refractivity contribution in [2.75, 3.05) is 0 Å². The van der Waals surface area contributed by atoms with Crippen molar-refractivity contribution in [2.45, 2.75) is 25.4 Å². The van der Waals surface area contributed by atoms with Gasteiger partial charge in [-0.2, -0.15) is 5.26 Å². The van der Waals surface area contributed by atoms with E-state index in [4.69, 9.17) is 14.7 Å². The Morgan fingerprint density at radius 3 is 2.27 bits per heavy atom. The van der Waals surface area contributed by atoms with Gasteiger partial charge in [-0.15, -0.1) is 0 Å². The van der Waals surface area contributed by atoms with Crippen LogP contribution in [0.15, 0.2) is 24.3 Å². The van der Waals surface area contributed by atoms with Crippen LogP contribution in [0.2, 0.25) is 0 Å². The Hall–Kier alpha value is -1.37. The highest BCUT2D eigenvalue weighted by Crippen LogP contribution is 2.49. The number of fused-ring (bicyclic) bond motifs is 1. The van der Waals surface area contributed by atoms with E-state index < -0.39 is 5.79 Å². The van der Waals surface area contributed by atoms with Crippen molar-refractivity contribution in [3.8, 4) is 6.07 Å². The third kappa shape index (κ3) is 1.34. The SMILES string of the molecule is N#CC1CC12OCc1ccccc1CO2. The normalized spacial score (nSPS) is 26.5. The van der Waals surface area contributed by atoms with Crippen LogP contribution in [0.3, 0.4) is 0 Å². The number of rotatable bonds is 0. The molecule has 0 saturated heterocycles. The second-order valence-electron chi connectivity index (χ2n) is 4.04. The van der Waals surface area contributed by atoms with Crippen molar-refractivity contribution in [1.82, 2.24) is 0 Å². The number of nitrogens with zero attached hydrogens (tertiary/aromatic N) is 1. The molecular weight excluding hydrogens is 190 g/mol. The van der Waals surface area contributed by atoms with Gasteiger partial charge >= 0.3 is 0 Å². The first kappa shape index (κ1) is 8.90. The fraction of sp³-hybridized carbons (Fsp3) is 0.417. The average molecular weight is 201 g/mol. The fourth-order valence-electron chi connectivity index (χ4n) is 1.97. The van der Waals surface area contributed by atoms with E-state index in [1.807, 2.05) is 24.3 Å². The van der Waals surface area contributed by atoms with Gasteiger partial charge in [-0.1, -0.05) is 24.3 Å². The lowest BCUT2D eigenvalue weighted by Gasteiger charge is -2.13. The molecule has 0 amide bonds. The van der Waals surface area contributed by atoms with E-state index in [0.29, 0.717) is 19.6 Å². The molecule has 1 unspecified atom stereocenters. The van der Waals surface area contributed by atoms with Gasteiger partial charge in [0, 0.05) is 6.42 Å². The van der Waals surface area contributed by atoms with E-state index in [-0.39, 0.29) is 5.92 Å². The molecule has 3 nitrogen and oxygen atoms in total. The molecule has 0 bridgehead atoms. The van der Waals surface area contributed by atoms with Crippen LogP contribution in [0.1, 0.15) is 17.5 Å². The van der Waals surface area contributed by atoms with Crippen molar-refractivity contribution >= 4 is 0 Å². The summed E-state index contributed by atoms with van der Waals surface area (Å²) in [6.45, 7) is 1.10. The number of hydrogen-bond acceptors (Lipinski definition) is 3. The van der Waals surface area contributed by atoms with Crippen LogP contribution in [0, 0.1) is 17.2 Å². The highest BCUT2D eigenvalue weighted by molar-refractivity contribution is 5.27. The van der Waals surface area contributed by atoms with Crippen molar-refractivity contribution < 1.29 is 9.47 Å². The number of ether oxygens (including phenoxy) is 2. The van der Waals surface area contributed by atoms with Crippen molar-refractivity contribution in [3.05, 3.63) is 35.4 Å². The quantitative estimate of drug-likeness (QED) is 0.644. The monoisotopic (exact) mass is 201 g/mol. The van der Waals surface area contributed by atoms with Crippen LogP contribution in [0.4, 0.5) is 0 Å². The molecule has 1 aliphatic carbocycles. The standard InChI is InChI=1S/C12H11NO2/c13-6-11-5-12(11)14-7-9-3-1-2-4-10(9)8-15-12/h1-4,11H,5,7-8H2. The molecule has 0 N–H and O–H groups in total. The summed E-state index contributed by atoms with van der Waals surface area (Å²) in [4.78, 5) is 0. The Kier molecular flexibility index (Phi) is 1.82. The molecule has 1 fully saturated rings. The molecular formula is C12H11NO2. The lowest BCUT2D eigenvalue weighted by molar-refractivity contribution is -0.179. The lowest BCUT2D eigenvalue weighted by atomic mass is 10.1. The molecule has 1 atom stereocenters. The van der Waals surface area contributed by atoms with Crippen molar-refractivity contribution in [3.63, 3.8) is 0 Å². The van der Waals surface area contributed by atoms with E-state index in [9.17, 15) is 0 Å². The summed E-state index contributed by atoms with van der Waals surface area (Å²) < 4.78 is 11.4. The summed E-state index contributed by atoms with van der Waals surface area (Å²) in [6, 6.07) is 10.3. The molecule has 1 aromatic carbocycles. The molecule has 76 valence electrons. The summed E-state index contributed by atoms with van der Waals surface area (Å²) in [6.07, 6.45) is 0.706. The fourth-order valence-corrected chi connectivity index (χ4v) is 1.97. The van der Waals surface area contributed by atoms with Gasteiger partial charge in [0.05, 0.1) is 19.3 Å². The van der Waals surface area contributed by atoms with Gasteiger partial charge in [0.15, 0.2) is 5.79 Å². The third-order valence-corrected chi connectivity index (χ3v) is 3.08. The number of hydrogen-bond donors (Lipinski definition) is 0. The topological polar surface area (TPSA) is 42.2 Å². The third-order valence-electron chi connectivity index (χ3n) is 3.08. The van der Waals surface area contributed by atoms with Crippen LogP contribution >= 0.6 is 0 Å². The molecule has 1 heterocycles. The zero-order chi connectivity index (χ0) is 10.3. The molecule has 3 rings (SSSR count). The predicted molar refractivity (Wildman–Crippen MR) is 52.5 cm³/mol. The molecule has 3 heteroatoms. The van der Waals surface area contributed by atoms with Gasteiger partial charge in [0.1, 0.15) is 5.92 Å². The van der Waals surface area contributed by atoms with E-state index in [2.05, 4.69) is 6.07 Å². The molecule has 1 saturated carbocycles. The molecule has 1 aliphatic heterocycles. The van der Waals surface area contributed by atoms with Crippen LogP contribution in [-0.4, -0.2) is 5.79 Å². The zero-order valence-corrected chi connectivity index (χ0v) is 8.27. The van der Waals surface area contributed by atoms with Gasteiger partial charge in [0.2, 0.25) is 0 Å². The smallest absolute Gasteiger partial charge is 0.186 e. The molecule has 0 radical (unpaired) electrons. The minimum atomic E-state index is -0.603. The van der Waals surface area contributed by atoms with E-state index in [0.717, 1.165) is 11.1 Å². The summed E-state index contributed by atoms with van der Waals surface area (Å²) in [5, 5.41) is 8.82. The second-order valence-corrected chi connectivity index (χ2v) is 4.04. The molecule has 1 aromatic rings. The summed E-state index contributed by atoms with van der Waals surface area (Å²) >= 11 is 0. The number of nitriles is 1. The molecule has 2 aliphatic rings. The van der Waals surface area contributed by atoms with Gasteiger partial charge < -0.3 is 9.47 Å². The second kappa shape index (κ2) is 3.06. The largest absolute Gasteiger partial charge is 0.344 e. The van der Waals surface area contributed by atoms with Crippen LogP contribution in [0.25, 0.3) is 0 Å². The first-order chi connectivity index (χ1) is 7.34. The maximum absolute atomic E-state index is 8.82. The summed E-state index contributed by atoms with van der Waals surface area (Å²) in [5.41, 5.74) is 2.33. The predicted octanol–water partition coefficient (Wildman–Crippen LogP) is 1.97. The highest BCUT2D eigenvalue weighted by Gasteiger charge is 2.58. The first-order valence-electron chi connectivity index (χ1n) is 5.08. The zero-order valence-electron chi connectivity index (χ0n) is 8.27. The van der Waals surface area contributed by atoms with Crippen LogP contribution in [-0.2, 0) is 22.7 Å². The van der Waals surface area contributed by atoms with Gasteiger partial charge in [-0.05, 0) is 11.1 Å². The van der Waals surface area contributed by atoms with E-state index in [1.54, 1.807) is 0 Å². The van der Waals surface area contributed by atoms with E-state index in [1.165, 1.54) is 0 Å². The Morgan fingerprint density at radius 2 is 1.80 bits per heavy atom. The Labute approximate surface area is 88.2 Å².